The average Bonchev–Trinajstić information content (AvgIpc) is 2.86. The summed E-state index contributed by atoms with van der Waals surface area (Å²) < 4.78 is 32.8. The summed E-state index contributed by atoms with van der Waals surface area (Å²) >= 11 is 0. The van der Waals surface area contributed by atoms with Crippen LogP contribution >= 0.6 is 0 Å². The molecular formula is C10H15N5O3S. The van der Waals surface area contributed by atoms with Crippen LogP contribution in [0.3, 0.4) is 0 Å². The van der Waals surface area contributed by atoms with Crippen molar-refractivity contribution in [2.45, 2.75) is 31.7 Å². The van der Waals surface area contributed by atoms with E-state index in [-0.39, 0.29) is 16.6 Å². The molecule has 0 aromatic carbocycles. The molecule has 8 nitrogen and oxygen atoms in total. The fourth-order valence-electron chi connectivity index (χ4n) is 1.57. The minimum Gasteiger partial charge on any atom is -0.381 e. The molecule has 0 saturated carbocycles. The van der Waals surface area contributed by atoms with Crippen molar-refractivity contribution in [1.82, 2.24) is 14.9 Å². The van der Waals surface area contributed by atoms with Crippen molar-refractivity contribution in [3.8, 4) is 0 Å². The lowest BCUT2D eigenvalue weighted by Crippen LogP contribution is -2.13. The third kappa shape index (κ3) is 2.87. The summed E-state index contributed by atoms with van der Waals surface area (Å²) in [6, 6.07) is 1.48. The fourth-order valence-corrected chi connectivity index (χ4v) is 2.62. The highest BCUT2D eigenvalue weighted by Gasteiger charge is 2.22. The molecule has 0 unspecified atom stereocenters. The van der Waals surface area contributed by atoms with Gasteiger partial charge in [0.25, 0.3) is 10.0 Å². The molecule has 2 aromatic rings. The normalized spacial score (nSPS) is 11.7. The van der Waals surface area contributed by atoms with Crippen LogP contribution in [0.4, 0.5) is 11.7 Å². The van der Waals surface area contributed by atoms with Gasteiger partial charge in [-0.25, -0.2) is 13.1 Å². The Morgan fingerprint density at radius 3 is 2.84 bits per heavy atom. The van der Waals surface area contributed by atoms with Crippen LogP contribution in [0.2, 0.25) is 0 Å². The molecule has 0 saturated heterocycles. The van der Waals surface area contributed by atoms with Crippen molar-refractivity contribution >= 4 is 21.7 Å². The maximum Gasteiger partial charge on any atom is 0.269 e. The zero-order valence-corrected chi connectivity index (χ0v) is 11.4. The van der Waals surface area contributed by atoms with Crippen molar-refractivity contribution in [3.63, 3.8) is 0 Å². The van der Waals surface area contributed by atoms with Crippen LogP contribution in [0.15, 0.2) is 21.7 Å². The lowest BCUT2D eigenvalue weighted by molar-refractivity contribution is 0.430. The molecule has 2 aromatic heterocycles. The number of nitrogens with two attached hydrogens (primary N) is 1. The molecule has 19 heavy (non-hydrogen) atoms. The minimum absolute atomic E-state index is 0.0418. The molecule has 3 N–H and O–H groups in total. The number of rotatable bonds is 5. The van der Waals surface area contributed by atoms with E-state index in [9.17, 15) is 8.42 Å². The summed E-state index contributed by atoms with van der Waals surface area (Å²) in [5.74, 6) is -0.00247. The summed E-state index contributed by atoms with van der Waals surface area (Å²) in [7, 11) is -3.82. The van der Waals surface area contributed by atoms with E-state index < -0.39 is 10.0 Å². The number of sulfonamides is 1. The van der Waals surface area contributed by atoms with Crippen molar-refractivity contribution in [2.75, 3.05) is 10.5 Å². The Kier molecular flexibility index (Phi) is 3.47. The second-order valence-electron chi connectivity index (χ2n) is 4.08. The van der Waals surface area contributed by atoms with Crippen molar-refractivity contribution in [3.05, 3.63) is 18.0 Å². The highest BCUT2D eigenvalue weighted by molar-refractivity contribution is 7.92. The molecule has 0 aliphatic carbocycles. The van der Waals surface area contributed by atoms with E-state index in [2.05, 4.69) is 15.0 Å². The van der Waals surface area contributed by atoms with E-state index in [1.165, 1.54) is 16.9 Å². The largest absolute Gasteiger partial charge is 0.381 e. The first-order chi connectivity index (χ1) is 8.92. The first-order valence-electron chi connectivity index (χ1n) is 5.71. The number of nitrogens with zero attached hydrogens (tertiary/aromatic N) is 3. The summed E-state index contributed by atoms with van der Waals surface area (Å²) in [5.41, 5.74) is 6.20. The third-order valence-electron chi connectivity index (χ3n) is 2.36. The van der Waals surface area contributed by atoms with Crippen LogP contribution in [0, 0.1) is 6.92 Å². The van der Waals surface area contributed by atoms with Crippen LogP contribution in [-0.2, 0) is 16.6 Å². The number of aryl methyl sites for hydroxylation is 2. The summed E-state index contributed by atoms with van der Waals surface area (Å²) in [6.07, 6.45) is 2.22. The highest BCUT2D eigenvalue weighted by atomic mass is 32.2. The van der Waals surface area contributed by atoms with Gasteiger partial charge in [-0.1, -0.05) is 12.1 Å². The van der Waals surface area contributed by atoms with Gasteiger partial charge in [0.15, 0.2) is 5.82 Å². The van der Waals surface area contributed by atoms with Gasteiger partial charge in [-0.3, -0.25) is 4.68 Å². The zero-order chi connectivity index (χ0) is 14.0. The van der Waals surface area contributed by atoms with E-state index >= 15 is 0 Å². The van der Waals surface area contributed by atoms with Crippen LogP contribution in [0.1, 0.15) is 19.0 Å². The van der Waals surface area contributed by atoms with Gasteiger partial charge in [-0.05, 0) is 13.3 Å². The van der Waals surface area contributed by atoms with Gasteiger partial charge in [0.05, 0.1) is 5.69 Å². The topological polar surface area (TPSA) is 116 Å². The SMILES string of the molecule is CCCn1cc(S(=O)(=O)Nc2cc(C)no2)c(N)n1. The molecule has 0 atom stereocenters. The van der Waals surface area contributed by atoms with E-state index in [0.29, 0.717) is 12.2 Å². The predicted octanol–water partition coefficient (Wildman–Crippen LogP) is 0.973. The molecule has 2 rings (SSSR count). The molecule has 104 valence electrons. The van der Waals surface area contributed by atoms with Crippen LogP contribution < -0.4 is 10.5 Å². The van der Waals surface area contributed by atoms with E-state index in [1.54, 1.807) is 6.92 Å². The molecule has 0 aliphatic heterocycles. The highest BCUT2D eigenvalue weighted by Crippen LogP contribution is 2.20. The van der Waals surface area contributed by atoms with Gasteiger partial charge in [-0.15, -0.1) is 0 Å². The van der Waals surface area contributed by atoms with E-state index in [4.69, 9.17) is 10.3 Å². The Bertz CT molecular complexity index is 673. The van der Waals surface area contributed by atoms with Gasteiger partial charge < -0.3 is 10.3 Å². The summed E-state index contributed by atoms with van der Waals surface area (Å²) in [4.78, 5) is -0.0741. The molecular weight excluding hydrogens is 270 g/mol. The first-order valence-corrected chi connectivity index (χ1v) is 7.19. The predicted molar refractivity (Wildman–Crippen MR) is 69.0 cm³/mol. The van der Waals surface area contributed by atoms with Crippen LogP contribution in [0.5, 0.6) is 0 Å². The smallest absolute Gasteiger partial charge is 0.269 e. The summed E-state index contributed by atoms with van der Waals surface area (Å²) in [5, 5.41) is 7.54. The molecule has 0 amide bonds. The molecule has 0 aliphatic rings. The Balaban J connectivity index is 2.28. The molecule has 2 heterocycles. The monoisotopic (exact) mass is 285 g/mol. The average molecular weight is 285 g/mol. The number of hydrogen-bond donors (Lipinski definition) is 2. The summed E-state index contributed by atoms with van der Waals surface area (Å²) in [6.45, 7) is 4.25. The lowest BCUT2D eigenvalue weighted by atomic mass is 10.5. The molecule has 0 spiro atoms. The number of hydrogen-bond acceptors (Lipinski definition) is 6. The van der Waals surface area contributed by atoms with Crippen LogP contribution in [-0.4, -0.2) is 23.4 Å². The van der Waals surface area contributed by atoms with Gasteiger partial charge in [0, 0.05) is 18.8 Å². The number of anilines is 2. The Morgan fingerprint density at radius 1 is 1.53 bits per heavy atom. The van der Waals surface area contributed by atoms with E-state index in [1.807, 2.05) is 6.92 Å². The lowest BCUT2D eigenvalue weighted by Gasteiger charge is -2.01. The molecule has 0 fully saturated rings. The Hall–Kier alpha value is -2.03. The quantitative estimate of drug-likeness (QED) is 0.845. The Morgan fingerprint density at radius 2 is 2.26 bits per heavy atom. The van der Waals surface area contributed by atoms with Crippen molar-refractivity contribution < 1.29 is 12.9 Å². The van der Waals surface area contributed by atoms with Crippen LogP contribution in [0.25, 0.3) is 0 Å². The minimum atomic E-state index is -3.82. The fraction of sp³-hybridized carbons (Fsp3) is 0.400. The second-order valence-corrected chi connectivity index (χ2v) is 5.73. The van der Waals surface area contributed by atoms with Gasteiger partial charge in [0.2, 0.25) is 5.88 Å². The maximum absolute atomic E-state index is 12.1. The molecule has 0 radical (unpaired) electrons. The first kappa shape index (κ1) is 13.4. The zero-order valence-electron chi connectivity index (χ0n) is 10.6. The number of nitrogen functional groups attached to an aromatic ring is 1. The van der Waals surface area contributed by atoms with Gasteiger partial charge in [-0.2, -0.15) is 5.10 Å². The van der Waals surface area contributed by atoms with Gasteiger partial charge in [0.1, 0.15) is 4.90 Å². The van der Waals surface area contributed by atoms with Crippen molar-refractivity contribution in [2.24, 2.45) is 0 Å². The number of nitrogens with one attached hydrogen (secondary N) is 1. The maximum atomic E-state index is 12.1. The standard InChI is InChI=1S/C10H15N5O3S/c1-3-4-15-6-8(10(11)12-15)19(16,17)14-9-5-7(2)13-18-9/h5-6,14H,3-4H2,1-2H3,(H2,11,12). The van der Waals surface area contributed by atoms with E-state index in [0.717, 1.165) is 6.42 Å². The molecule has 0 bridgehead atoms. The Labute approximate surface area is 110 Å². The van der Waals surface area contributed by atoms with Crippen molar-refractivity contribution in [1.29, 1.82) is 0 Å². The third-order valence-corrected chi connectivity index (χ3v) is 3.72. The second kappa shape index (κ2) is 4.92. The molecule has 9 heteroatoms. The number of aromatic nitrogens is 3. The van der Waals surface area contributed by atoms with Gasteiger partial charge >= 0.3 is 0 Å².